The lowest BCUT2D eigenvalue weighted by Gasteiger charge is -2.34. The van der Waals surface area contributed by atoms with Crippen molar-refractivity contribution in [2.75, 3.05) is 62.6 Å². The number of piperazine rings is 1. The molecule has 2 aliphatic rings. The first kappa shape index (κ1) is 28.7. The molecular weight excluding hydrogens is 514 g/mol. The minimum absolute atomic E-state index is 0.0306. The van der Waals surface area contributed by atoms with E-state index in [-0.39, 0.29) is 18.2 Å². The molecule has 0 bridgehead atoms. The van der Waals surface area contributed by atoms with Crippen LogP contribution in [0.25, 0.3) is 0 Å². The van der Waals surface area contributed by atoms with Crippen molar-refractivity contribution in [3.8, 4) is 0 Å². The van der Waals surface area contributed by atoms with Crippen molar-refractivity contribution in [3.63, 3.8) is 0 Å². The number of rotatable bonds is 11. The molecule has 2 fully saturated rings. The molecule has 2 aliphatic heterocycles. The van der Waals surface area contributed by atoms with Crippen molar-refractivity contribution in [2.45, 2.75) is 32.7 Å². The molecule has 1 N–H and O–H groups in total. The number of carbonyl (C=O) groups is 3. The largest absolute Gasteiger partial charge is 0.462 e. The fraction of sp³-hybridized carbons (Fsp3) is 0.448. The van der Waals surface area contributed by atoms with E-state index in [1.165, 1.54) is 0 Å². The third-order valence-electron chi connectivity index (χ3n) is 7.18. The average molecular weight is 552 g/mol. The van der Waals surface area contributed by atoms with Gasteiger partial charge in [0.25, 0.3) is 5.91 Å². The van der Waals surface area contributed by atoms with Crippen molar-refractivity contribution in [1.82, 2.24) is 14.7 Å². The number of benzene rings is 2. The smallest absolute Gasteiger partial charge is 0.338 e. The van der Waals surface area contributed by atoms with Gasteiger partial charge < -0.3 is 24.8 Å². The maximum atomic E-state index is 13.6. The summed E-state index contributed by atoms with van der Waals surface area (Å²) in [5, 5.41) is 3.28. The first-order valence-electron chi connectivity index (χ1n) is 13.6. The lowest BCUT2D eigenvalue weighted by atomic mass is 10.1. The monoisotopic (exact) mass is 551 g/mol. The van der Waals surface area contributed by atoms with Gasteiger partial charge in [0.05, 0.1) is 24.3 Å². The Labute approximate surface area is 235 Å². The molecule has 1 atom stereocenters. The Kier molecular flexibility index (Phi) is 10.0. The summed E-state index contributed by atoms with van der Waals surface area (Å²) in [6.07, 6.45) is 0.812. The normalized spacial score (nSPS) is 18.5. The Balaban J connectivity index is 1.41. The van der Waals surface area contributed by atoms with Crippen molar-refractivity contribution in [2.24, 2.45) is 0 Å². The number of esters is 1. The molecule has 2 aromatic rings. The lowest BCUT2D eigenvalue weighted by molar-refractivity contribution is -0.124. The molecule has 0 unspecified atom stereocenters. The van der Waals surface area contributed by atoms with Crippen LogP contribution in [0.4, 0.5) is 11.4 Å². The molecule has 2 saturated heterocycles. The number of nitrogens with one attached hydrogen (secondary N) is 1. The van der Waals surface area contributed by atoms with Crippen LogP contribution >= 0.6 is 12.2 Å². The number of amides is 2. The molecule has 208 valence electrons. The SMILES string of the molecule is CCOC(=O)c1ccc(NC(=O)C[C@H]2C(=O)N(c3ccccc3)C(=S)N2CCCN2CCN(CC)CC2)cc1. The van der Waals surface area contributed by atoms with E-state index in [9.17, 15) is 14.4 Å². The standard InChI is InChI=1S/C29H37N5O4S/c1-3-31-17-19-32(20-18-31)15-8-16-33-25(27(36)34(29(33)39)24-9-6-5-7-10-24)21-26(35)30-23-13-11-22(12-14-23)28(37)38-4-2/h5-7,9-14,25H,3-4,8,15-21H2,1-2H3,(H,30,35)/t25-/m0/s1. The molecular formula is C29H37N5O4S. The maximum absolute atomic E-state index is 13.6. The summed E-state index contributed by atoms with van der Waals surface area (Å²) in [6.45, 7) is 11.0. The zero-order valence-corrected chi connectivity index (χ0v) is 23.5. The highest BCUT2D eigenvalue weighted by Crippen LogP contribution is 2.27. The first-order valence-corrected chi connectivity index (χ1v) is 14.0. The van der Waals surface area contributed by atoms with Crippen molar-refractivity contribution >= 4 is 46.5 Å². The zero-order chi connectivity index (χ0) is 27.8. The predicted octanol–water partition coefficient (Wildman–Crippen LogP) is 3.22. The van der Waals surface area contributed by atoms with Crippen molar-refractivity contribution in [3.05, 3.63) is 60.2 Å². The number of hydrogen-bond acceptors (Lipinski definition) is 7. The summed E-state index contributed by atoms with van der Waals surface area (Å²) in [6, 6.07) is 15.1. The second-order valence-corrected chi connectivity index (χ2v) is 10.0. The number of ether oxygens (including phenoxy) is 1. The van der Waals surface area contributed by atoms with Gasteiger partial charge in [-0.15, -0.1) is 0 Å². The highest BCUT2D eigenvalue weighted by Gasteiger charge is 2.43. The van der Waals surface area contributed by atoms with Gasteiger partial charge in [0.2, 0.25) is 5.91 Å². The van der Waals surface area contributed by atoms with E-state index < -0.39 is 12.0 Å². The second kappa shape index (κ2) is 13.6. The quantitative estimate of drug-likeness (QED) is 0.337. The maximum Gasteiger partial charge on any atom is 0.338 e. The van der Waals surface area contributed by atoms with E-state index in [2.05, 4.69) is 22.0 Å². The summed E-state index contributed by atoms with van der Waals surface area (Å²) >= 11 is 5.78. The molecule has 9 nitrogen and oxygen atoms in total. The van der Waals surface area contributed by atoms with Gasteiger partial charge in [-0.05, 0) is 75.1 Å². The summed E-state index contributed by atoms with van der Waals surface area (Å²) < 4.78 is 5.01. The van der Waals surface area contributed by atoms with Gasteiger partial charge in [0, 0.05) is 38.4 Å². The fourth-order valence-electron chi connectivity index (χ4n) is 4.99. The number of anilines is 2. The van der Waals surface area contributed by atoms with Crippen LogP contribution < -0.4 is 10.2 Å². The first-order chi connectivity index (χ1) is 18.9. The van der Waals surface area contributed by atoms with Crippen LogP contribution in [0.1, 0.15) is 37.0 Å². The van der Waals surface area contributed by atoms with Gasteiger partial charge in [0.15, 0.2) is 5.11 Å². The summed E-state index contributed by atoms with van der Waals surface area (Å²) in [5.41, 5.74) is 1.65. The highest BCUT2D eigenvalue weighted by atomic mass is 32.1. The molecule has 0 saturated carbocycles. The minimum atomic E-state index is -0.687. The Hall–Kier alpha value is -3.34. The van der Waals surface area contributed by atoms with Gasteiger partial charge in [-0.2, -0.15) is 0 Å². The van der Waals surface area contributed by atoms with Crippen LogP contribution in [0, 0.1) is 0 Å². The van der Waals surface area contributed by atoms with Gasteiger partial charge >= 0.3 is 5.97 Å². The molecule has 2 amide bonds. The summed E-state index contributed by atoms with van der Waals surface area (Å²) in [7, 11) is 0. The Morgan fingerprint density at radius 3 is 2.26 bits per heavy atom. The number of likely N-dealkylation sites (N-methyl/N-ethyl adjacent to an activating group) is 1. The van der Waals surface area contributed by atoms with Crippen LogP contribution in [-0.2, 0) is 14.3 Å². The molecule has 0 spiro atoms. The molecule has 0 aromatic heterocycles. The number of hydrogen-bond donors (Lipinski definition) is 1. The zero-order valence-electron chi connectivity index (χ0n) is 22.7. The van der Waals surface area contributed by atoms with E-state index in [1.807, 2.05) is 35.2 Å². The third-order valence-corrected chi connectivity index (χ3v) is 7.59. The van der Waals surface area contributed by atoms with Gasteiger partial charge in [0.1, 0.15) is 6.04 Å². The average Bonchev–Trinajstić information content (AvgIpc) is 3.18. The molecule has 39 heavy (non-hydrogen) atoms. The summed E-state index contributed by atoms with van der Waals surface area (Å²) in [5.74, 6) is -0.907. The molecule has 0 aliphatic carbocycles. The predicted molar refractivity (Wildman–Crippen MR) is 156 cm³/mol. The summed E-state index contributed by atoms with van der Waals surface area (Å²) in [4.78, 5) is 46.9. The topological polar surface area (TPSA) is 85.4 Å². The molecule has 0 radical (unpaired) electrons. The van der Waals surface area contributed by atoms with E-state index in [0.29, 0.717) is 35.2 Å². The van der Waals surface area contributed by atoms with E-state index in [1.54, 1.807) is 36.1 Å². The number of thiocarbonyl (C=S) groups is 1. The van der Waals surface area contributed by atoms with Gasteiger partial charge in [-0.3, -0.25) is 14.5 Å². The van der Waals surface area contributed by atoms with Crippen LogP contribution in [0.3, 0.4) is 0 Å². The molecule has 4 rings (SSSR count). The third kappa shape index (κ3) is 7.20. The van der Waals surface area contributed by atoms with Gasteiger partial charge in [-0.1, -0.05) is 25.1 Å². The van der Waals surface area contributed by atoms with E-state index in [4.69, 9.17) is 17.0 Å². The molecule has 2 aromatic carbocycles. The number of carbonyl (C=O) groups excluding carboxylic acids is 3. The van der Waals surface area contributed by atoms with Gasteiger partial charge in [-0.25, -0.2) is 4.79 Å². The molecule has 2 heterocycles. The van der Waals surface area contributed by atoms with Crippen LogP contribution in [-0.4, -0.2) is 96.1 Å². The van der Waals surface area contributed by atoms with E-state index >= 15 is 0 Å². The van der Waals surface area contributed by atoms with Crippen molar-refractivity contribution < 1.29 is 19.1 Å². The Bertz CT molecular complexity index is 1150. The lowest BCUT2D eigenvalue weighted by Crippen LogP contribution is -2.47. The Morgan fingerprint density at radius 2 is 1.62 bits per heavy atom. The number of nitrogens with zero attached hydrogens (tertiary/aromatic N) is 4. The minimum Gasteiger partial charge on any atom is -0.462 e. The van der Waals surface area contributed by atoms with Crippen molar-refractivity contribution in [1.29, 1.82) is 0 Å². The van der Waals surface area contributed by atoms with Crippen LogP contribution in [0.2, 0.25) is 0 Å². The molecule has 10 heteroatoms. The number of para-hydroxylation sites is 1. The highest BCUT2D eigenvalue weighted by molar-refractivity contribution is 7.80. The second-order valence-electron chi connectivity index (χ2n) is 9.68. The van der Waals surface area contributed by atoms with Crippen LogP contribution in [0.15, 0.2) is 54.6 Å². The Morgan fingerprint density at radius 1 is 0.949 bits per heavy atom. The van der Waals surface area contributed by atoms with Crippen LogP contribution in [0.5, 0.6) is 0 Å². The fourth-order valence-corrected chi connectivity index (χ4v) is 5.40. The van der Waals surface area contributed by atoms with E-state index in [0.717, 1.165) is 45.7 Å².